The van der Waals surface area contributed by atoms with E-state index in [0.29, 0.717) is 25.1 Å². The van der Waals surface area contributed by atoms with Crippen molar-refractivity contribution in [3.63, 3.8) is 0 Å². The van der Waals surface area contributed by atoms with Crippen LogP contribution in [0.3, 0.4) is 0 Å². The molecule has 200 valence electrons. The summed E-state index contributed by atoms with van der Waals surface area (Å²) in [6.07, 6.45) is -0.278. The highest BCUT2D eigenvalue weighted by Gasteiger charge is 2.50. The van der Waals surface area contributed by atoms with Crippen LogP contribution in [0.5, 0.6) is 0 Å². The second-order valence-electron chi connectivity index (χ2n) is 8.75. The quantitative estimate of drug-likeness (QED) is 0.222. The third-order valence-electron chi connectivity index (χ3n) is 5.14. The maximum atomic E-state index is 12.8. The first kappa shape index (κ1) is 30.8. The lowest BCUT2D eigenvalue weighted by Gasteiger charge is -2.46. The minimum atomic E-state index is -1.41. The van der Waals surface area contributed by atoms with Crippen molar-refractivity contribution in [2.24, 2.45) is 5.41 Å². The molecule has 1 fully saturated rings. The number of carbonyl (C=O) groups excluding carboxylic acids is 4. The molecule has 13 heteroatoms. The Balaban J connectivity index is 2.42. The molecular weight excluding hydrogens is 482 g/mol. The van der Waals surface area contributed by atoms with Gasteiger partial charge in [-0.3, -0.25) is 24.0 Å². The molecule has 0 aliphatic carbocycles. The van der Waals surface area contributed by atoms with Gasteiger partial charge in [-0.05, 0) is 6.42 Å². The molecule has 1 heterocycles. The Morgan fingerprint density at radius 3 is 2.37 bits per heavy atom. The molecule has 1 rings (SSSR count). The predicted octanol–water partition coefficient (Wildman–Crippen LogP) is 0.392. The van der Waals surface area contributed by atoms with E-state index in [1.807, 2.05) is 13.8 Å². The van der Waals surface area contributed by atoms with E-state index in [9.17, 15) is 24.0 Å². The number of hydrogen-bond donors (Lipinski definition) is 4. The van der Waals surface area contributed by atoms with Gasteiger partial charge in [0.1, 0.15) is 6.10 Å². The Hall–Kier alpha value is -2.22. The van der Waals surface area contributed by atoms with Crippen molar-refractivity contribution in [2.75, 3.05) is 39.1 Å². The van der Waals surface area contributed by atoms with Crippen molar-refractivity contribution >= 4 is 40.6 Å². The molecule has 12 nitrogen and oxygen atoms in total. The van der Waals surface area contributed by atoms with Crippen LogP contribution in [-0.4, -0.2) is 85.1 Å². The number of nitrogens with one attached hydrogen (secondary N) is 3. The summed E-state index contributed by atoms with van der Waals surface area (Å²) in [5.74, 6) is -2.94. The minimum absolute atomic E-state index is 0.0408. The molecule has 0 spiro atoms. The third-order valence-corrected chi connectivity index (χ3v) is 6.07. The van der Waals surface area contributed by atoms with Crippen LogP contribution in [0.4, 0.5) is 0 Å². The minimum Gasteiger partial charge on any atom is -0.481 e. The van der Waals surface area contributed by atoms with Crippen molar-refractivity contribution in [1.29, 1.82) is 0 Å². The Bertz CT molecular complexity index is 762. The summed E-state index contributed by atoms with van der Waals surface area (Å²) in [5.41, 5.74) is -0.642. The number of thioether (sulfide) groups is 1. The second kappa shape index (κ2) is 15.0. The van der Waals surface area contributed by atoms with Crippen LogP contribution in [0.25, 0.3) is 0 Å². The molecule has 4 N–H and O–H groups in total. The van der Waals surface area contributed by atoms with E-state index in [-0.39, 0.29) is 55.9 Å². The molecule has 1 aliphatic rings. The number of aliphatic carboxylic acids is 1. The van der Waals surface area contributed by atoms with E-state index < -0.39 is 29.4 Å². The summed E-state index contributed by atoms with van der Waals surface area (Å²) in [5, 5.41) is 16.4. The second-order valence-corrected chi connectivity index (χ2v) is 9.91. The van der Waals surface area contributed by atoms with Gasteiger partial charge in [-0.15, -0.1) is 0 Å². The Labute approximate surface area is 209 Å². The highest BCUT2D eigenvalue weighted by Crippen LogP contribution is 2.37. The van der Waals surface area contributed by atoms with E-state index in [1.54, 1.807) is 0 Å². The third kappa shape index (κ3) is 11.8. The molecule has 0 aromatic rings. The van der Waals surface area contributed by atoms with Crippen LogP contribution in [0.15, 0.2) is 0 Å². The zero-order chi connectivity index (χ0) is 26.5. The molecule has 3 amide bonds. The van der Waals surface area contributed by atoms with E-state index in [4.69, 9.17) is 19.3 Å². The highest BCUT2D eigenvalue weighted by molar-refractivity contribution is 8.13. The zero-order valence-electron chi connectivity index (χ0n) is 20.8. The lowest BCUT2D eigenvalue weighted by atomic mass is 9.85. The maximum Gasteiger partial charge on any atom is 0.303 e. The fourth-order valence-electron chi connectivity index (χ4n) is 3.18. The van der Waals surface area contributed by atoms with Crippen LogP contribution in [0, 0.1) is 5.41 Å². The van der Waals surface area contributed by atoms with E-state index in [0.717, 1.165) is 11.8 Å². The van der Waals surface area contributed by atoms with Crippen LogP contribution in [-0.2, 0) is 38.2 Å². The first-order valence-corrected chi connectivity index (χ1v) is 12.4. The molecule has 35 heavy (non-hydrogen) atoms. The molecule has 0 saturated carbocycles. The van der Waals surface area contributed by atoms with Gasteiger partial charge in [0.2, 0.25) is 17.7 Å². The van der Waals surface area contributed by atoms with E-state index in [1.165, 1.54) is 14.0 Å². The molecule has 1 saturated heterocycles. The number of amides is 3. The fraction of sp³-hybridized carbons (Fsp3) is 0.773. The lowest BCUT2D eigenvalue weighted by molar-refractivity contribution is -0.425. The number of carboxylic acids is 1. The number of rotatable bonds is 15. The summed E-state index contributed by atoms with van der Waals surface area (Å²) in [4.78, 5) is 57.8. The number of carbonyl (C=O) groups is 5. The van der Waals surface area contributed by atoms with Gasteiger partial charge in [0.25, 0.3) is 5.97 Å². The molecule has 2 atom stereocenters. The van der Waals surface area contributed by atoms with Crippen LogP contribution in [0.1, 0.15) is 52.9 Å². The molecule has 1 aliphatic heterocycles. The summed E-state index contributed by atoms with van der Waals surface area (Å²) >= 11 is 0.970. The van der Waals surface area contributed by atoms with Gasteiger partial charge in [0.15, 0.2) is 5.12 Å². The monoisotopic (exact) mass is 519 g/mol. The molecule has 0 aromatic carbocycles. The van der Waals surface area contributed by atoms with Gasteiger partial charge in [0.05, 0.1) is 13.0 Å². The van der Waals surface area contributed by atoms with E-state index in [2.05, 4.69) is 16.0 Å². The first-order valence-electron chi connectivity index (χ1n) is 11.4. The summed E-state index contributed by atoms with van der Waals surface area (Å²) in [6.45, 7) is 6.05. The zero-order valence-corrected chi connectivity index (χ0v) is 21.6. The van der Waals surface area contributed by atoms with Crippen LogP contribution >= 0.6 is 11.8 Å². The Morgan fingerprint density at radius 1 is 1.03 bits per heavy atom. The topological polar surface area (TPSA) is 169 Å². The maximum absolute atomic E-state index is 12.8. The Kier molecular flexibility index (Phi) is 13.2. The van der Waals surface area contributed by atoms with Crippen LogP contribution in [0.2, 0.25) is 0 Å². The van der Waals surface area contributed by atoms with E-state index >= 15 is 0 Å². The predicted molar refractivity (Wildman–Crippen MR) is 127 cm³/mol. The SMILES string of the molecule is COC1(CCCNC(C)=O)OCC(C)(C)[C@H](C(=O)NCCC(=O)NCCSC(=O)CCC(=O)O)O1. The molecular formula is C22H37N3O9S. The standard InChI is InChI=1S/C22H37N3O9S/c1-15(26)23-10-5-9-22(32-4)33-14-21(2,3)19(34-22)20(31)25-11-8-16(27)24-12-13-35-18(30)7-6-17(28)29/h19H,5-14H2,1-4H3,(H,23,26)(H,24,27)(H,25,31)(H,28,29)/t19-,22?/m0/s1. The Morgan fingerprint density at radius 2 is 1.74 bits per heavy atom. The normalized spacial score (nSPS) is 21.1. The molecule has 0 aromatic heterocycles. The van der Waals surface area contributed by atoms with Crippen molar-refractivity contribution in [2.45, 2.75) is 65.0 Å². The van der Waals surface area contributed by atoms with Gasteiger partial charge in [-0.1, -0.05) is 25.6 Å². The van der Waals surface area contributed by atoms with Crippen molar-refractivity contribution in [3.05, 3.63) is 0 Å². The number of carboxylic acid groups (broad SMARTS) is 1. The fourth-order valence-corrected chi connectivity index (χ4v) is 3.86. The summed E-state index contributed by atoms with van der Waals surface area (Å²) in [6, 6.07) is 0. The number of ether oxygens (including phenoxy) is 3. The summed E-state index contributed by atoms with van der Waals surface area (Å²) < 4.78 is 17.2. The largest absolute Gasteiger partial charge is 0.481 e. The van der Waals surface area contributed by atoms with Crippen molar-refractivity contribution in [1.82, 2.24) is 16.0 Å². The number of methoxy groups -OCH3 is 1. The average molecular weight is 520 g/mol. The number of hydrogen-bond acceptors (Lipinski definition) is 9. The average Bonchev–Trinajstić information content (AvgIpc) is 2.79. The smallest absolute Gasteiger partial charge is 0.303 e. The van der Waals surface area contributed by atoms with Gasteiger partial charge < -0.3 is 35.3 Å². The van der Waals surface area contributed by atoms with Crippen molar-refractivity contribution in [3.8, 4) is 0 Å². The molecule has 0 radical (unpaired) electrons. The van der Waals surface area contributed by atoms with Gasteiger partial charge in [-0.25, -0.2) is 0 Å². The molecule has 0 bridgehead atoms. The van der Waals surface area contributed by atoms with Gasteiger partial charge in [0, 0.05) is 64.1 Å². The van der Waals surface area contributed by atoms with Crippen molar-refractivity contribution < 1.29 is 43.3 Å². The first-order chi connectivity index (χ1) is 16.4. The molecule has 1 unspecified atom stereocenters. The van der Waals surface area contributed by atoms with Crippen LogP contribution < -0.4 is 16.0 Å². The lowest BCUT2D eigenvalue weighted by Crippen LogP contribution is -2.59. The summed E-state index contributed by atoms with van der Waals surface area (Å²) in [7, 11) is 1.42. The van der Waals surface area contributed by atoms with Gasteiger partial charge >= 0.3 is 5.97 Å². The van der Waals surface area contributed by atoms with Gasteiger partial charge in [-0.2, -0.15) is 0 Å². The highest BCUT2D eigenvalue weighted by atomic mass is 32.2.